The lowest BCUT2D eigenvalue weighted by Crippen LogP contribution is -2.00. The highest BCUT2D eigenvalue weighted by Gasteiger charge is 2.23. The lowest BCUT2D eigenvalue weighted by molar-refractivity contribution is 0.0652. The first-order chi connectivity index (χ1) is 9.63. The van der Waals surface area contributed by atoms with Crippen molar-refractivity contribution in [3.8, 4) is 17.0 Å². The van der Waals surface area contributed by atoms with Crippen molar-refractivity contribution in [2.45, 2.75) is 12.8 Å². The number of carboxylic acids is 1. The average Bonchev–Trinajstić information content (AvgIpc) is 3.11. The number of benzene rings is 1. The van der Waals surface area contributed by atoms with Crippen LogP contribution in [0.15, 0.2) is 33.3 Å². The lowest BCUT2D eigenvalue weighted by atomic mass is 10.1. The summed E-state index contributed by atoms with van der Waals surface area (Å²) < 4.78 is 11.4. The fraction of sp³-hybridized carbons (Fsp3) is 0.286. The van der Waals surface area contributed by atoms with E-state index in [1.165, 1.54) is 18.9 Å². The van der Waals surface area contributed by atoms with E-state index in [1.807, 2.05) is 18.2 Å². The molecule has 1 saturated carbocycles. The Labute approximate surface area is 123 Å². The molecular weight excluding hydrogens is 326 g/mol. The van der Waals surface area contributed by atoms with Crippen LogP contribution < -0.4 is 4.74 Å². The third-order valence-corrected chi connectivity index (χ3v) is 3.60. The molecule has 0 spiro atoms. The molecule has 2 aromatic rings. The first-order valence-corrected chi connectivity index (χ1v) is 7.05. The standard InChI is InChI=1S/C14H12BrNO4/c15-9-3-4-12(19-7-8-1-2-8)10(5-9)11-6-13(14(17)18)20-16-11/h3-6,8H,1-2,7H2,(H,17,18). The number of aromatic nitrogens is 1. The van der Waals surface area contributed by atoms with Crippen LogP contribution in [0.1, 0.15) is 23.4 Å². The summed E-state index contributed by atoms with van der Waals surface area (Å²) in [4.78, 5) is 10.8. The second-order valence-corrected chi connectivity index (χ2v) is 5.69. The Morgan fingerprint density at radius 1 is 1.45 bits per heavy atom. The van der Waals surface area contributed by atoms with E-state index in [9.17, 15) is 4.79 Å². The number of hydrogen-bond donors (Lipinski definition) is 1. The zero-order valence-corrected chi connectivity index (χ0v) is 12.1. The van der Waals surface area contributed by atoms with Crippen LogP contribution in [0.3, 0.4) is 0 Å². The third kappa shape index (κ3) is 2.85. The Bertz CT molecular complexity index is 648. The molecule has 0 radical (unpaired) electrons. The maximum Gasteiger partial charge on any atom is 0.374 e. The first-order valence-electron chi connectivity index (χ1n) is 6.26. The Kier molecular flexibility index (Phi) is 3.48. The highest BCUT2D eigenvalue weighted by molar-refractivity contribution is 9.10. The number of carboxylic acid groups (broad SMARTS) is 1. The van der Waals surface area contributed by atoms with Crippen LogP contribution >= 0.6 is 15.9 Å². The van der Waals surface area contributed by atoms with E-state index in [0.29, 0.717) is 24.0 Å². The number of hydrogen-bond acceptors (Lipinski definition) is 4. The van der Waals surface area contributed by atoms with E-state index in [4.69, 9.17) is 14.4 Å². The molecule has 0 atom stereocenters. The van der Waals surface area contributed by atoms with E-state index in [-0.39, 0.29) is 5.76 Å². The fourth-order valence-electron chi connectivity index (χ4n) is 1.82. The average molecular weight is 338 g/mol. The smallest absolute Gasteiger partial charge is 0.374 e. The van der Waals surface area contributed by atoms with Gasteiger partial charge in [0.15, 0.2) is 0 Å². The van der Waals surface area contributed by atoms with Gasteiger partial charge in [0.2, 0.25) is 5.76 Å². The summed E-state index contributed by atoms with van der Waals surface area (Å²) in [6, 6.07) is 6.96. The SMILES string of the molecule is O=C(O)c1cc(-c2cc(Br)ccc2OCC2CC2)no1. The molecule has 104 valence electrons. The number of nitrogens with zero attached hydrogens (tertiary/aromatic N) is 1. The summed E-state index contributed by atoms with van der Waals surface area (Å²) >= 11 is 3.39. The minimum Gasteiger partial charge on any atom is -0.493 e. The third-order valence-electron chi connectivity index (χ3n) is 3.11. The summed E-state index contributed by atoms with van der Waals surface area (Å²) in [5.74, 6) is -0.00367. The Morgan fingerprint density at radius 2 is 2.25 bits per heavy atom. The number of halogens is 1. The van der Waals surface area contributed by atoms with Crippen LogP contribution in [0.2, 0.25) is 0 Å². The largest absolute Gasteiger partial charge is 0.493 e. The molecule has 1 aromatic carbocycles. The molecule has 0 amide bonds. The van der Waals surface area contributed by atoms with Gasteiger partial charge in [-0.3, -0.25) is 0 Å². The lowest BCUT2D eigenvalue weighted by Gasteiger charge is -2.09. The Hall–Kier alpha value is -1.82. The summed E-state index contributed by atoms with van der Waals surface area (Å²) in [5.41, 5.74) is 1.17. The molecule has 1 heterocycles. The fourth-order valence-corrected chi connectivity index (χ4v) is 2.18. The number of rotatable bonds is 5. The van der Waals surface area contributed by atoms with Gasteiger partial charge < -0.3 is 14.4 Å². The normalized spacial score (nSPS) is 14.2. The van der Waals surface area contributed by atoms with Crippen LogP contribution in [0.4, 0.5) is 0 Å². The van der Waals surface area contributed by atoms with Gasteiger partial charge in [-0.2, -0.15) is 0 Å². The van der Waals surface area contributed by atoms with E-state index in [0.717, 1.165) is 10.0 Å². The molecule has 1 aliphatic rings. The maximum atomic E-state index is 10.8. The summed E-state index contributed by atoms with van der Waals surface area (Å²) in [6.45, 7) is 0.679. The van der Waals surface area contributed by atoms with Crippen molar-refractivity contribution in [2.75, 3.05) is 6.61 Å². The van der Waals surface area contributed by atoms with Gasteiger partial charge in [-0.15, -0.1) is 0 Å². The zero-order chi connectivity index (χ0) is 14.1. The molecule has 1 aliphatic carbocycles. The molecule has 0 aliphatic heterocycles. The van der Waals surface area contributed by atoms with Crippen molar-refractivity contribution in [2.24, 2.45) is 5.92 Å². The molecule has 0 unspecified atom stereocenters. The topological polar surface area (TPSA) is 72.6 Å². The Balaban J connectivity index is 1.91. The van der Waals surface area contributed by atoms with Crippen molar-refractivity contribution in [1.29, 1.82) is 0 Å². The van der Waals surface area contributed by atoms with E-state index in [1.54, 1.807) is 0 Å². The number of carbonyl (C=O) groups is 1. The van der Waals surface area contributed by atoms with Gasteiger partial charge in [-0.1, -0.05) is 21.1 Å². The highest BCUT2D eigenvalue weighted by Crippen LogP contribution is 2.35. The van der Waals surface area contributed by atoms with Gasteiger partial charge in [-0.25, -0.2) is 4.79 Å². The Morgan fingerprint density at radius 3 is 2.90 bits per heavy atom. The van der Waals surface area contributed by atoms with Gasteiger partial charge in [0, 0.05) is 16.1 Å². The second-order valence-electron chi connectivity index (χ2n) is 4.78. The van der Waals surface area contributed by atoms with Crippen LogP contribution in [0.25, 0.3) is 11.3 Å². The minimum absolute atomic E-state index is 0.187. The van der Waals surface area contributed by atoms with Crippen molar-refractivity contribution in [1.82, 2.24) is 5.16 Å². The van der Waals surface area contributed by atoms with Gasteiger partial charge in [0.1, 0.15) is 11.4 Å². The monoisotopic (exact) mass is 337 g/mol. The van der Waals surface area contributed by atoms with Crippen LogP contribution in [-0.2, 0) is 0 Å². The molecular formula is C14H12BrNO4. The van der Waals surface area contributed by atoms with Gasteiger partial charge in [-0.05, 0) is 37.0 Å². The van der Waals surface area contributed by atoms with Crippen molar-refractivity contribution >= 4 is 21.9 Å². The van der Waals surface area contributed by atoms with E-state index >= 15 is 0 Å². The molecule has 0 bridgehead atoms. The van der Waals surface area contributed by atoms with Crippen LogP contribution in [0.5, 0.6) is 5.75 Å². The van der Waals surface area contributed by atoms with Gasteiger partial charge in [0.25, 0.3) is 0 Å². The minimum atomic E-state index is -1.14. The highest BCUT2D eigenvalue weighted by atomic mass is 79.9. The first kappa shape index (κ1) is 13.2. The molecule has 0 saturated heterocycles. The number of ether oxygens (including phenoxy) is 1. The quantitative estimate of drug-likeness (QED) is 0.902. The van der Waals surface area contributed by atoms with Crippen molar-refractivity contribution in [3.63, 3.8) is 0 Å². The van der Waals surface area contributed by atoms with Gasteiger partial charge >= 0.3 is 5.97 Å². The van der Waals surface area contributed by atoms with Crippen molar-refractivity contribution in [3.05, 3.63) is 34.5 Å². The molecule has 3 rings (SSSR count). The predicted octanol–water partition coefficient (Wildman–Crippen LogP) is 3.59. The molecule has 1 N–H and O–H groups in total. The van der Waals surface area contributed by atoms with Crippen LogP contribution in [0, 0.1) is 5.92 Å². The zero-order valence-electron chi connectivity index (χ0n) is 10.5. The summed E-state index contributed by atoms with van der Waals surface area (Å²) in [7, 11) is 0. The molecule has 6 heteroatoms. The second kappa shape index (κ2) is 5.28. The van der Waals surface area contributed by atoms with Crippen molar-refractivity contribution < 1.29 is 19.2 Å². The van der Waals surface area contributed by atoms with E-state index < -0.39 is 5.97 Å². The number of aromatic carboxylic acids is 1. The van der Waals surface area contributed by atoms with Gasteiger partial charge in [0.05, 0.1) is 6.61 Å². The molecule has 1 aromatic heterocycles. The molecule has 5 nitrogen and oxygen atoms in total. The predicted molar refractivity (Wildman–Crippen MR) is 74.8 cm³/mol. The van der Waals surface area contributed by atoms with E-state index in [2.05, 4.69) is 21.1 Å². The molecule has 1 fully saturated rings. The molecule has 20 heavy (non-hydrogen) atoms. The summed E-state index contributed by atoms with van der Waals surface area (Å²) in [5, 5.41) is 12.7. The van der Waals surface area contributed by atoms with Crippen LogP contribution in [-0.4, -0.2) is 22.8 Å². The summed E-state index contributed by atoms with van der Waals surface area (Å²) in [6.07, 6.45) is 2.41. The maximum absolute atomic E-state index is 10.8.